The maximum Gasteiger partial charge on any atom is 0.0613 e. The normalized spacial score (nSPS) is 14.1. The standard InChI is InChI=1S/C8H16ClNO/c1-8(7-11-2)10-6-4-3-5-9/h3-4,8,10H,5-7H2,1-2H3/b4-3+. The fourth-order valence-electron chi connectivity index (χ4n) is 0.724. The second-order valence-electron chi connectivity index (χ2n) is 2.39. The first-order valence-corrected chi connectivity index (χ1v) is 4.28. The summed E-state index contributed by atoms with van der Waals surface area (Å²) in [6.45, 7) is 3.68. The molecule has 0 heterocycles. The summed E-state index contributed by atoms with van der Waals surface area (Å²) >= 11 is 5.44. The average Bonchev–Trinajstić information content (AvgIpc) is 1.99. The molecular weight excluding hydrogens is 162 g/mol. The highest BCUT2D eigenvalue weighted by molar-refractivity contribution is 6.18. The van der Waals surface area contributed by atoms with E-state index < -0.39 is 0 Å². The van der Waals surface area contributed by atoms with E-state index in [9.17, 15) is 0 Å². The summed E-state index contributed by atoms with van der Waals surface area (Å²) in [5, 5.41) is 3.25. The molecule has 11 heavy (non-hydrogen) atoms. The van der Waals surface area contributed by atoms with Crippen LogP contribution in [0.2, 0.25) is 0 Å². The zero-order chi connectivity index (χ0) is 8.53. The molecule has 1 atom stereocenters. The molecular formula is C8H16ClNO. The predicted octanol–water partition coefficient (Wildman–Crippen LogP) is 1.41. The summed E-state index contributed by atoms with van der Waals surface area (Å²) in [6.07, 6.45) is 3.94. The third-order valence-electron chi connectivity index (χ3n) is 1.26. The Balaban J connectivity index is 3.16. The van der Waals surface area contributed by atoms with E-state index in [0.717, 1.165) is 13.2 Å². The molecule has 0 aliphatic rings. The van der Waals surface area contributed by atoms with Crippen molar-refractivity contribution in [2.45, 2.75) is 13.0 Å². The number of rotatable bonds is 6. The molecule has 0 rings (SSSR count). The Morgan fingerprint density at radius 2 is 2.27 bits per heavy atom. The van der Waals surface area contributed by atoms with E-state index in [1.54, 1.807) is 7.11 Å². The molecule has 0 aromatic rings. The van der Waals surface area contributed by atoms with Crippen molar-refractivity contribution in [1.82, 2.24) is 5.32 Å². The van der Waals surface area contributed by atoms with Gasteiger partial charge in [-0.15, -0.1) is 11.6 Å². The Labute approximate surface area is 73.6 Å². The lowest BCUT2D eigenvalue weighted by atomic mass is 10.3. The van der Waals surface area contributed by atoms with Gasteiger partial charge in [0.1, 0.15) is 0 Å². The van der Waals surface area contributed by atoms with Crippen LogP contribution in [-0.2, 0) is 4.74 Å². The van der Waals surface area contributed by atoms with E-state index in [2.05, 4.69) is 12.2 Å². The summed E-state index contributed by atoms with van der Waals surface area (Å²) in [6, 6.07) is 0.403. The van der Waals surface area contributed by atoms with Gasteiger partial charge in [-0.05, 0) is 6.92 Å². The maximum absolute atomic E-state index is 5.44. The summed E-state index contributed by atoms with van der Waals surface area (Å²) in [7, 11) is 1.70. The van der Waals surface area contributed by atoms with E-state index in [4.69, 9.17) is 16.3 Å². The first kappa shape index (κ1) is 11.0. The summed E-state index contributed by atoms with van der Waals surface area (Å²) in [5.41, 5.74) is 0. The minimum atomic E-state index is 0.403. The van der Waals surface area contributed by atoms with Crippen molar-refractivity contribution in [3.05, 3.63) is 12.2 Å². The van der Waals surface area contributed by atoms with Gasteiger partial charge in [-0.2, -0.15) is 0 Å². The molecule has 0 aliphatic heterocycles. The smallest absolute Gasteiger partial charge is 0.0613 e. The van der Waals surface area contributed by atoms with Crippen molar-refractivity contribution in [2.75, 3.05) is 26.1 Å². The first-order valence-electron chi connectivity index (χ1n) is 3.74. The summed E-state index contributed by atoms with van der Waals surface area (Å²) in [4.78, 5) is 0. The van der Waals surface area contributed by atoms with Crippen LogP contribution in [0, 0.1) is 0 Å². The Kier molecular flexibility index (Phi) is 8.01. The molecule has 1 unspecified atom stereocenters. The lowest BCUT2D eigenvalue weighted by Crippen LogP contribution is -2.30. The molecule has 2 nitrogen and oxygen atoms in total. The van der Waals surface area contributed by atoms with Gasteiger partial charge in [-0.25, -0.2) is 0 Å². The van der Waals surface area contributed by atoms with Crippen LogP contribution in [-0.4, -0.2) is 32.2 Å². The molecule has 0 spiro atoms. The van der Waals surface area contributed by atoms with Crippen LogP contribution in [0.3, 0.4) is 0 Å². The minimum absolute atomic E-state index is 0.403. The van der Waals surface area contributed by atoms with Crippen LogP contribution in [0.25, 0.3) is 0 Å². The van der Waals surface area contributed by atoms with Crippen LogP contribution in [0.15, 0.2) is 12.2 Å². The molecule has 1 N–H and O–H groups in total. The number of halogens is 1. The number of methoxy groups -OCH3 is 1. The van der Waals surface area contributed by atoms with Crippen molar-refractivity contribution in [3.8, 4) is 0 Å². The fraction of sp³-hybridized carbons (Fsp3) is 0.750. The van der Waals surface area contributed by atoms with Crippen molar-refractivity contribution < 1.29 is 4.74 Å². The molecule has 0 saturated heterocycles. The van der Waals surface area contributed by atoms with Gasteiger partial charge in [0.15, 0.2) is 0 Å². The number of ether oxygens (including phenoxy) is 1. The van der Waals surface area contributed by atoms with Crippen LogP contribution in [0.4, 0.5) is 0 Å². The number of alkyl halides is 1. The third kappa shape index (κ3) is 7.85. The van der Waals surface area contributed by atoms with Crippen LogP contribution < -0.4 is 5.32 Å². The van der Waals surface area contributed by atoms with Crippen molar-refractivity contribution in [1.29, 1.82) is 0 Å². The maximum atomic E-state index is 5.44. The summed E-state index contributed by atoms with van der Waals surface area (Å²) < 4.78 is 4.95. The SMILES string of the molecule is COCC(C)NC/C=C/CCl. The quantitative estimate of drug-likeness (QED) is 0.489. The average molecular weight is 178 g/mol. The topological polar surface area (TPSA) is 21.3 Å². The Morgan fingerprint density at radius 3 is 2.82 bits per heavy atom. The van der Waals surface area contributed by atoms with Crippen molar-refractivity contribution in [2.24, 2.45) is 0 Å². The lowest BCUT2D eigenvalue weighted by Gasteiger charge is -2.09. The number of allylic oxidation sites excluding steroid dienone is 1. The van der Waals surface area contributed by atoms with Gasteiger partial charge in [-0.3, -0.25) is 0 Å². The molecule has 3 heteroatoms. The lowest BCUT2D eigenvalue weighted by molar-refractivity contribution is 0.174. The number of hydrogen-bond acceptors (Lipinski definition) is 2. The van der Waals surface area contributed by atoms with E-state index in [-0.39, 0.29) is 0 Å². The molecule has 0 fully saturated rings. The molecule has 0 aromatic carbocycles. The molecule has 0 aliphatic carbocycles. The van der Waals surface area contributed by atoms with E-state index >= 15 is 0 Å². The third-order valence-corrected chi connectivity index (χ3v) is 1.43. The van der Waals surface area contributed by atoms with Gasteiger partial charge in [0.05, 0.1) is 6.61 Å². The van der Waals surface area contributed by atoms with E-state index in [1.165, 1.54) is 0 Å². The van der Waals surface area contributed by atoms with Crippen molar-refractivity contribution >= 4 is 11.6 Å². The van der Waals surface area contributed by atoms with Gasteiger partial charge in [0.2, 0.25) is 0 Å². The molecule has 0 saturated carbocycles. The van der Waals surface area contributed by atoms with Gasteiger partial charge in [0, 0.05) is 25.6 Å². The zero-order valence-electron chi connectivity index (χ0n) is 7.14. The van der Waals surface area contributed by atoms with Crippen molar-refractivity contribution in [3.63, 3.8) is 0 Å². The Bertz CT molecular complexity index is 106. The highest BCUT2D eigenvalue weighted by Gasteiger charge is 1.95. The first-order chi connectivity index (χ1) is 5.31. The second-order valence-corrected chi connectivity index (χ2v) is 2.70. The molecule has 0 bridgehead atoms. The fourth-order valence-corrected chi connectivity index (χ4v) is 0.850. The zero-order valence-corrected chi connectivity index (χ0v) is 7.90. The number of nitrogens with one attached hydrogen (secondary N) is 1. The molecule has 0 aromatic heterocycles. The van der Waals surface area contributed by atoms with Gasteiger partial charge in [0.25, 0.3) is 0 Å². The van der Waals surface area contributed by atoms with Crippen LogP contribution in [0.1, 0.15) is 6.92 Å². The highest BCUT2D eigenvalue weighted by Crippen LogP contribution is 1.82. The summed E-state index contributed by atoms with van der Waals surface area (Å²) in [5.74, 6) is 0.584. The predicted molar refractivity (Wildman–Crippen MR) is 49.2 cm³/mol. The van der Waals surface area contributed by atoms with Gasteiger partial charge < -0.3 is 10.1 Å². The van der Waals surface area contributed by atoms with E-state index in [0.29, 0.717) is 11.9 Å². The van der Waals surface area contributed by atoms with Gasteiger partial charge >= 0.3 is 0 Å². The molecule has 0 radical (unpaired) electrons. The second kappa shape index (κ2) is 8.05. The molecule has 66 valence electrons. The van der Waals surface area contributed by atoms with E-state index in [1.807, 2.05) is 12.2 Å². The largest absolute Gasteiger partial charge is 0.383 e. The molecule has 0 amide bonds. The minimum Gasteiger partial charge on any atom is -0.383 e. The number of hydrogen-bond donors (Lipinski definition) is 1. The Hall–Kier alpha value is -0.0500. The monoisotopic (exact) mass is 177 g/mol. The highest BCUT2D eigenvalue weighted by atomic mass is 35.5. The van der Waals surface area contributed by atoms with Gasteiger partial charge in [-0.1, -0.05) is 12.2 Å². The Morgan fingerprint density at radius 1 is 1.55 bits per heavy atom. The van der Waals surface area contributed by atoms with Crippen LogP contribution >= 0.6 is 11.6 Å². The van der Waals surface area contributed by atoms with Crippen LogP contribution in [0.5, 0.6) is 0 Å².